The number of hydrogen-bond acceptors (Lipinski definition) is 4. The second kappa shape index (κ2) is 5.83. The van der Waals surface area contributed by atoms with Crippen molar-refractivity contribution in [3.05, 3.63) is 29.6 Å². The highest BCUT2D eigenvalue weighted by molar-refractivity contribution is 6.10. The second-order valence-corrected chi connectivity index (χ2v) is 7.77. The number of aromatic nitrogens is 3. The van der Waals surface area contributed by atoms with Gasteiger partial charge in [0, 0.05) is 18.7 Å². The van der Waals surface area contributed by atoms with Crippen molar-refractivity contribution < 1.29 is 4.74 Å². The first-order valence-electron chi connectivity index (χ1n) is 9.64. The highest BCUT2D eigenvalue weighted by Gasteiger charge is 2.49. The second-order valence-electron chi connectivity index (χ2n) is 7.77. The van der Waals surface area contributed by atoms with Gasteiger partial charge in [0.25, 0.3) is 0 Å². The van der Waals surface area contributed by atoms with Gasteiger partial charge in [0.1, 0.15) is 17.3 Å². The van der Waals surface area contributed by atoms with E-state index in [4.69, 9.17) is 4.74 Å². The Morgan fingerprint density at radius 1 is 1.23 bits per heavy atom. The van der Waals surface area contributed by atoms with Gasteiger partial charge in [-0.2, -0.15) is 0 Å². The lowest BCUT2D eigenvalue weighted by Gasteiger charge is -2.38. The number of benzene rings is 1. The number of hydrogen-bond donors (Lipinski definition) is 1. The van der Waals surface area contributed by atoms with Crippen LogP contribution in [0.3, 0.4) is 0 Å². The van der Waals surface area contributed by atoms with Crippen LogP contribution >= 0.6 is 0 Å². The Balaban J connectivity index is 1.57. The molecular formula is C20H25N5O. The predicted molar refractivity (Wildman–Crippen MR) is 102 cm³/mol. The first kappa shape index (κ1) is 15.9. The number of methoxy groups -OCH3 is 1. The highest BCUT2D eigenvalue weighted by Crippen LogP contribution is 2.53. The maximum absolute atomic E-state index is 5.73. The zero-order valence-electron chi connectivity index (χ0n) is 15.5. The molecular weight excluding hydrogens is 326 g/mol. The molecule has 2 heterocycles. The van der Waals surface area contributed by atoms with E-state index in [0.29, 0.717) is 5.92 Å². The summed E-state index contributed by atoms with van der Waals surface area (Å²) in [6, 6.07) is 4.31. The summed E-state index contributed by atoms with van der Waals surface area (Å²) >= 11 is 0. The molecule has 6 heteroatoms. The molecule has 5 rings (SSSR count). The van der Waals surface area contributed by atoms with Gasteiger partial charge in [0.15, 0.2) is 0 Å². The molecule has 1 N–H and O–H groups in total. The summed E-state index contributed by atoms with van der Waals surface area (Å²) in [4.78, 5) is 4.52. The molecule has 1 aliphatic heterocycles. The Morgan fingerprint density at radius 3 is 2.69 bits per heavy atom. The molecule has 0 atom stereocenters. The van der Waals surface area contributed by atoms with Crippen LogP contribution in [0, 0.1) is 0 Å². The van der Waals surface area contributed by atoms with Gasteiger partial charge in [0.2, 0.25) is 0 Å². The average molecular weight is 351 g/mol. The molecule has 1 aromatic heterocycles. The quantitative estimate of drug-likeness (QED) is 0.913. The normalized spacial score (nSPS) is 22.5. The third kappa shape index (κ3) is 2.14. The molecule has 2 aliphatic carbocycles. The number of rotatable bonds is 3. The number of anilines is 1. The smallest absolute Gasteiger partial charge is 0.145 e. The largest absolute Gasteiger partial charge is 0.494 e. The SMILES string of the molecule is CN=C1Nc2cc(-n3cc(C4CCCC4)nn3)c(OC)cc2C12CCC2. The molecule has 0 unspecified atom stereocenters. The number of aliphatic imine (C=N–C) groups is 1. The lowest BCUT2D eigenvalue weighted by molar-refractivity contribution is 0.344. The molecule has 1 aromatic carbocycles. The van der Waals surface area contributed by atoms with Crippen LogP contribution in [-0.4, -0.2) is 35.0 Å². The van der Waals surface area contributed by atoms with E-state index in [1.165, 1.54) is 37.7 Å². The van der Waals surface area contributed by atoms with Gasteiger partial charge in [-0.25, -0.2) is 4.68 Å². The summed E-state index contributed by atoms with van der Waals surface area (Å²) in [7, 11) is 3.60. The number of fused-ring (bicyclic) bond motifs is 2. The maximum atomic E-state index is 5.73. The minimum atomic E-state index is 0.0628. The van der Waals surface area contributed by atoms with E-state index in [0.717, 1.165) is 41.5 Å². The standard InChI is InChI=1S/C20H25N5O/c1-21-19-20(8-5-9-20)14-10-18(26-2)17(11-15(14)22-19)25-12-16(23-24-25)13-6-3-4-7-13/h10-13H,3-9H2,1-2H3,(H,21,22). The molecule has 0 radical (unpaired) electrons. The lowest BCUT2D eigenvalue weighted by atomic mass is 9.65. The van der Waals surface area contributed by atoms with E-state index in [1.54, 1.807) is 7.11 Å². The van der Waals surface area contributed by atoms with Gasteiger partial charge < -0.3 is 10.1 Å². The van der Waals surface area contributed by atoms with E-state index in [9.17, 15) is 0 Å². The van der Waals surface area contributed by atoms with Gasteiger partial charge in [-0.15, -0.1) is 5.10 Å². The maximum Gasteiger partial charge on any atom is 0.145 e. The Hall–Kier alpha value is -2.37. The summed E-state index contributed by atoms with van der Waals surface area (Å²) < 4.78 is 7.60. The van der Waals surface area contributed by atoms with Crippen LogP contribution in [0.2, 0.25) is 0 Å². The van der Waals surface area contributed by atoms with E-state index in [2.05, 4.69) is 39.0 Å². The lowest BCUT2D eigenvalue weighted by Crippen LogP contribution is -2.41. The summed E-state index contributed by atoms with van der Waals surface area (Å²) in [5, 5.41) is 12.4. The monoisotopic (exact) mass is 351 g/mol. The third-order valence-electron chi connectivity index (χ3n) is 6.50. The van der Waals surface area contributed by atoms with Gasteiger partial charge >= 0.3 is 0 Å². The van der Waals surface area contributed by atoms with Crippen molar-refractivity contribution in [1.82, 2.24) is 15.0 Å². The molecule has 3 aliphatic rings. The van der Waals surface area contributed by atoms with Crippen molar-refractivity contribution in [2.24, 2.45) is 4.99 Å². The Labute approximate surface area is 153 Å². The van der Waals surface area contributed by atoms with Crippen LogP contribution < -0.4 is 10.1 Å². The molecule has 2 saturated carbocycles. The minimum Gasteiger partial charge on any atom is -0.494 e. The van der Waals surface area contributed by atoms with Crippen molar-refractivity contribution in [3.8, 4) is 11.4 Å². The van der Waals surface area contributed by atoms with Crippen LogP contribution in [0.15, 0.2) is 23.3 Å². The Bertz CT molecular complexity index is 874. The molecule has 2 aromatic rings. The van der Waals surface area contributed by atoms with Gasteiger partial charge in [-0.1, -0.05) is 24.5 Å². The number of nitrogens with zero attached hydrogens (tertiary/aromatic N) is 4. The summed E-state index contributed by atoms with van der Waals surface area (Å²) in [6.07, 6.45) is 10.7. The molecule has 2 fully saturated rings. The third-order valence-corrected chi connectivity index (χ3v) is 6.50. The predicted octanol–water partition coefficient (Wildman–Crippen LogP) is 3.81. The van der Waals surface area contributed by atoms with Crippen LogP contribution in [0.25, 0.3) is 5.69 Å². The van der Waals surface area contributed by atoms with E-state index < -0.39 is 0 Å². The minimum absolute atomic E-state index is 0.0628. The fraction of sp³-hybridized carbons (Fsp3) is 0.550. The van der Waals surface area contributed by atoms with Gasteiger partial charge in [-0.05, 0) is 43.4 Å². The molecule has 136 valence electrons. The first-order valence-corrected chi connectivity index (χ1v) is 9.64. The first-order chi connectivity index (χ1) is 12.7. The van der Waals surface area contributed by atoms with Gasteiger partial charge in [0.05, 0.1) is 24.4 Å². The summed E-state index contributed by atoms with van der Waals surface area (Å²) in [5.74, 6) is 2.49. The van der Waals surface area contributed by atoms with Crippen molar-refractivity contribution in [1.29, 1.82) is 0 Å². The van der Waals surface area contributed by atoms with E-state index in [-0.39, 0.29) is 5.41 Å². The van der Waals surface area contributed by atoms with Gasteiger partial charge in [-0.3, -0.25) is 4.99 Å². The topological polar surface area (TPSA) is 64.3 Å². The van der Waals surface area contributed by atoms with Crippen LogP contribution in [0.1, 0.15) is 62.1 Å². The van der Waals surface area contributed by atoms with E-state index >= 15 is 0 Å². The molecule has 0 amide bonds. The summed E-state index contributed by atoms with van der Waals surface area (Å²) in [5.41, 5.74) is 4.53. The van der Waals surface area contributed by atoms with Crippen LogP contribution in [0.4, 0.5) is 5.69 Å². The fourth-order valence-electron chi connectivity index (χ4n) is 4.89. The van der Waals surface area contributed by atoms with Crippen molar-refractivity contribution in [3.63, 3.8) is 0 Å². The highest BCUT2D eigenvalue weighted by atomic mass is 16.5. The fourth-order valence-corrected chi connectivity index (χ4v) is 4.89. The Morgan fingerprint density at radius 2 is 2.04 bits per heavy atom. The number of nitrogens with one attached hydrogen (secondary N) is 1. The molecule has 0 bridgehead atoms. The summed E-state index contributed by atoms with van der Waals surface area (Å²) in [6.45, 7) is 0. The zero-order valence-corrected chi connectivity index (χ0v) is 15.5. The van der Waals surface area contributed by atoms with Crippen LogP contribution in [-0.2, 0) is 5.41 Å². The van der Waals surface area contributed by atoms with Crippen molar-refractivity contribution in [2.75, 3.05) is 19.5 Å². The Kier molecular flexibility index (Phi) is 3.55. The molecule has 26 heavy (non-hydrogen) atoms. The number of ether oxygens (including phenoxy) is 1. The van der Waals surface area contributed by atoms with Crippen LogP contribution in [0.5, 0.6) is 5.75 Å². The molecule has 0 saturated heterocycles. The average Bonchev–Trinajstić information content (AvgIpc) is 3.35. The van der Waals surface area contributed by atoms with Crippen molar-refractivity contribution >= 4 is 11.5 Å². The zero-order chi connectivity index (χ0) is 17.7. The van der Waals surface area contributed by atoms with Crippen molar-refractivity contribution in [2.45, 2.75) is 56.3 Å². The molecule has 6 nitrogen and oxygen atoms in total. The van der Waals surface area contributed by atoms with E-state index in [1.807, 2.05) is 11.7 Å². The molecule has 1 spiro atoms. The number of amidine groups is 1.